The topological polar surface area (TPSA) is 47.6 Å². The lowest BCUT2D eigenvalue weighted by Gasteiger charge is -2.50. The molecule has 1 heterocycles. The van der Waals surface area contributed by atoms with E-state index in [1.54, 1.807) is 6.92 Å². The molecule has 4 heteroatoms. The molecule has 1 saturated carbocycles. The van der Waals surface area contributed by atoms with E-state index >= 15 is 0 Å². The van der Waals surface area contributed by atoms with Gasteiger partial charge in [-0.05, 0) is 25.3 Å². The van der Waals surface area contributed by atoms with Crippen LogP contribution in [0.15, 0.2) is 30.3 Å². The van der Waals surface area contributed by atoms with Gasteiger partial charge in [0.05, 0.1) is 24.9 Å². The molecule has 1 spiro atoms. The van der Waals surface area contributed by atoms with Gasteiger partial charge in [-0.3, -0.25) is 4.79 Å². The van der Waals surface area contributed by atoms with Crippen molar-refractivity contribution in [1.29, 1.82) is 0 Å². The zero-order valence-corrected chi connectivity index (χ0v) is 11.1. The van der Waals surface area contributed by atoms with E-state index in [0.717, 1.165) is 12.8 Å². The highest BCUT2D eigenvalue weighted by molar-refractivity contribution is 5.82. The summed E-state index contributed by atoms with van der Waals surface area (Å²) in [5.41, 5.74) is 1.01. The van der Waals surface area contributed by atoms with E-state index in [4.69, 9.17) is 9.47 Å². The van der Waals surface area contributed by atoms with Gasteiger partial charge in [0.15, 0.2) is 0 Å². The molecule has 1 amide bonds. The van der Waals surface area contributed by atoms with Gasteiger partial charge in [-0.2, -0.15) is 0 Å². The first-order valence-electron chi connectivity index (χ1n) is 6.76. The molecule has 3 rings (SSSR count). The smallest absolute Gasteiger partial charge is 0.249 e. The van der Waals surface area contributed by atoms with Crippen LogP contribution in [0, 0.1) is 0 Å². The fourth-order valence-electron chi connectivity index (χ4n) is 2.70. The minimum Gasteiger partial charge on any atom is -0.373 e. The Balaban J connectivity index is 1.47. The van der Waals surface area contributed by atoms with E-state index in [2.05, 4.69) is 17.4 Å². The highest BCUT2D eigenvalue weighted by Gasteiger charge is 2.49. The minimum atomic E-state index is -0.324. The van der Waals surface area contributed by atoms with E-state index in [-0.39, 0.29) is 23.7 Å². The minimum absolute atomic E-state index is 0.00670. The molecule has 1 aromatic carbocycles. The van der Waals surface area contributed by atoms with Crippen molar-refractivity contribution < 1.29 is 14.3 Å². The predicted molar refractivity (Wildman–Crippen MR) is 70.5 cm³/mol. The van der Waals surface area contributed by atoms with Crippen LogP contribution in [0.1, 0.15) is 25.3 Å². The second-order valence-corrected chi connectivity index (χ2v) is 5.55. The Morgan fingerprint density at radius 2 is 2.11 bits per heavy atom. The number of hydrogen-bond donors (Lipinski definition) is 1. The van der Waals surface area contributed by atoms with E-state index in [1.807, 2.05) is 18.2 Å². The summed E-state index contributed by atoms with van der Waals surface area (Å²) in [4.78, 5) is 11.6. The van der Waals surface area contributed by atoms with Gasteiger partial charge < -0.3 is 14.8 Å². The van der Waals surface area contributed by atoms with E-state index in [0.29, 0.717) is 13.2 Å². The molecule has 2 fully saturated rings. The van der Waals surface area contributed by atoms with Crippen LogP contribution in [0.5, 0.6) is 0 Å². The van der Waals surface area contributed by atoms with Crippen molar-refractivity contribution in [2.45, 2.75) is 44.1 Å². The molecule has 19 heavy (non-hydrogen) atoms. The van der Waals surface area contributed by atoms with Crippen LogP contribution < -0.4 is 5.32 Å². The van der Waals surface area contributed by atoms with Crippen LogP contribution in [-0.2, 0) is 20.9 Å². The van der Waals surface area contributed by atoms with Gasteiger partial charge in [0.1, 0.15) is 6.10 Å². The number of amides is 1. The molecule has 0 radical (unpaired) electrons. The van der Waals surface area contributed by atoms with Gasteiger partial charge in [0.2, 0.25) is 5.91 Å². The number of hydrogen-bond acceptors (Lipinski definition) is 3. The number of morpholine rings is 1. The van der Waals surface area contributed by atoms with Crippen LogP contribution in [0.25, 0.3) is 0 Å². The lowest BCUT2D eigenvalue weighted by Crippen LogP contribution is -2.67. The third-order valence-electron chi connectivity index (χ3n) is 3.93. The van der Waals surface area contributed by atoms with Crippen LogP contribution in [-0.4, -0.2) is 30.3 Å². The second kappa shape index (κ2) is 4.94. The number of carbonyl (C=O) groups excluding carboxylic acids is 1. The summed E-state index contributed by atoms with van der Waals surface area (Å²) < 4.78 is 11.3. The molecule has 1 aromatic rings. The largest absolute Gasteiger partial charge is 0.373 e. The van der Waals surface area contributed by atoms with Crippen LogP contribution >= 0.6 is 0 Å². The molecule has 0 bridgehead atoms. The molecule has 2 aliphatic rings. The highest BCUT2D eigenvalue weighted by atomic mass is 16.5. The molecule has 1 aliphatic carbocycles. The summed E-state index contributed by atoms with van der Waals surface area (Å²) in [6.07, 6.45) is 1.59. The van der Waals surface area contributed by atoms with Gasteiger partial charge in [-0.1, -0.05) is 30.3 Å². The van der Waals surface area contributed by atoms with Crippen LogP contribution in [0.3, 0.4) is 0 Å². The number of ether oxygens (including phenoxy) is 2. The summed E-state index contributed by atoms with van der Waals surface area (Å²) in [7, 11) is 0. The molecule has 102 valence electrons. The first kappa shape index (κ1) is 12.6. The predicted octanol–water partition coefficient (Wildman–Crippen LogP) is 1.64. The van der Waals surface area contributed by atoms with Crippen molar-refractivity contribution in [3.05, 3.63) is 35.9 Å². The Labute approximate surface area is 113 Å². The summed E-state index contributed by atoms with van der Waals surface area (Å²) >= 11 is 0. The fraction of sp³-hybridized carbons (Fsp3) is 0.533. The molecule has 1 N–H and O–H groups in total. The van der Waals surface area contributed by atoms with Crippen molar-refractivity contribution in [3.63, 3.8) is 0 Å². The Hall–Kier alpha value is -1.39. The third kappa shape index (κ3) is 2.65. The number of nitrogens with one attached hydrogen (secondary N) is 1. The highest BCUT2D eigenvalue weighted by Crippen LogP contribution is 2.37. The summed E-state index contributed by atoms with van der Waals surface area (Å²) in [6, 6.07) is 10.1. The fourth-order valence-corrected chi connectivity index (χ4v) is 2.70. The first-order chi connectivity index (χ1) is 9.17. The van der Waals surface area contributed by atoms with Crippen molar-refractivity contribution >= 4 is 5.91 Å². The lowest BCUT2D eigenvalue weighted by molar-refractivity contribution is -0.160. The number of benzene rings is 1. The average molecular weight is 261 g/mol. The monoisotopic (exact) mass is 261 g/mol. The molecule has 4 nitrogen and oxygen atoms in total. The molecule has 1 saturated heterocycles. The van der Waals surface area contributed by atoms with Crippen molar-refractivity contribution in [1.82, 2.24) is 5.32 Å². The zero-order chi connectivity index (χ0) is 13.3. The summed E-state index contributed by atoms with van der Waals surface area (Å²) in [5.74, 6) is -0.00670. The quantitative estimate of drug-likeness (QED) is 0.899. The maximum Gasteiger partial charge on any atom is 0.249 e. The van der Waals surface area contributed by atoms with Crippen molar-refractivity contribution in [2.24, 2.45) is 0 Å². The molecular weight excluding hydrogens is 242 g/mol. The third-order valence-corrected chi connectivity index (χ3v) is 3.93. The summed E-state index contributed by atoms with van der Waals surface area (Å²) in [5, 5.41) is 3.06. The van der Waals surface area contributed by atoms with Crippen molar-refractivity contribution in [2.75, 3.05) is 6.61 Å². The van der Waals surface area contributed by atoms with E-state index in [1.165, 1.54) is 5.56 Å². The second-order valence-electron chi connectivity index (χ2n) is 5.55. The Kier molecular flexibility index (Phi) is 3.29. The van der Waals surface area contributed by atoms with Crippen LogP contribution in [0.4, 0.5) is 0 Å². The molecule has 0 unspecified atom stereocenters. The molecule has 1 aliphatic heterocycles. The van der Waals surface area contributed by atoms with Crippen LogP contribution in [0.2, 0.25) is 0 Å². The Bertz CT molecular complexity index is 454. The van der Waals surface area contributed by atoms with Gasteiger partial charge >= 0.3 is 0 Å². The summed E-state index contributed by atoms with van der Waals surface area (Å²) in [6.45, 7) is 3.02. The first-order valence-corrected chi connectivity index (χ1v) is 6.76. The van der Waals surface area contributed by atoms with Gasteiger partial charge in [0, 0.05) is 0 Å². The Morgan fingerprint density at radius 3 is 2.79 bits per heavy atom. The Morgan fingerprint density at radius 1 is 1.37 bits per heavy atom. The maximum absolute atomic E-state index is 11.6. The molecular formula is C15H19NO3. The SMILES string of the molecule is C[C@@H]1OCC2(CC(OCc3ccccc3)C2)NC1=O. The average Bonchev–Trinajstić information content (AvgIpc) is 2.39. The van der Waals surface area contributed by atoms with Gasteiger partial charge in [-0.25, -0.2) is 0 Å². The van der Waals surface area contributed by atoms with E-state index in [9.17, 15) is 4.79 Å². The normalized spacial score (nSPS) is 33.8. The zero-order valence-electron chi connectivity index (χ0n) is 11.1. The standard InChI is InChI=1S/C15H19NO3/c1-11-14(17)16-15(10-19-11)7-13(8-15)18-9-12-5-3-2-4-6-12/h2-6,11,13H,7-10H2,1H3,(H,16,17)/t11-,13?,15?/m0/s1. The van der Waals surface area contributed by atoms with Crippen molar-refractivity contribution in [3.8, 4) is 0 Å². The number of carbonyl (C=O) groups is 1. The maximum atomic E-state index is 11.6. The van der Waals surface area contributed by atoms with E-state index < -0.39 is 0 Å². The lowest BCUT2D eigenvalue weighted by atomic mass is 9.74. The molecule has 1 atom stereocenters. The number of rotatable bonds is 3. The molecule has 0 aromatic heterocycles. The van der Waals surface area contributed by atoms with Gasteiger partial charge in [0.25, 0.3) is 0 Å². The van der Waals surface area contributed by atoms with Gasteiger partial charge in [-0.15, -0.1) is 0 Å².